The Bertz CT molecular complexity index is 1140. The summed E-state index contributed by atoms with van der Waals surface area (Å²) in [7, 11) is 0. The predicted molar refractivity (Wildman–Crippen MR) is 134 cm³/mol. The van der Waals surface area contributed by atoms with E-state index in [9.17, 15) is 13.6 Å². The molecular formula is C27H38F2N4O2. The molecule has 2 aromatic heterocycles. The zero-order valence-corrected chi connectivity index (χ0v) is 21.6. The van der Waals surface area contributed by atoms with Gasteiger partial charge in [0.1, 0.15) is 5.83 Å². The van der Waals surface area contributed by atoms with Gasteiger partial charge in [0.05, 0.1) is 12.3 Å². The van der Waals surface area contributed by atoms with Crippen molar-refractivity contribution in [2.24, 2.45) is 5.41 Å². The topological polar surface area (TPSA) is 52.3 Å². The van der Waals surface area contributed by atoms with Crippen molar-refractivity contribution in [3.05, 3.63) is 57.3 Å². The highest BCUT2D eigenvalue weighted by Gasteiger charge is 2.44. The van der Waals surface area contributed by atoms with Crippen LogP contribution in [0.4, 0.5) is 8.78 Å². The molecule has 2 unspecified atom stereocenters. The van der Waals surface area contributed by atoms with Gasteiger partial charge in [-0.3, -0.25) is 19.0 Å². The summed E-state index contributed by atoms with van der Waals surface area (Å²) in [5, 5.41) is 0. The van der Waals surface area contributed by atoms with Gasteiger partial charge in [0.2, 0.25) is 0 Å². The Morgan fingerprint density at radius 2 is 2.03 bits per heavy atom. The number of aryl methyl sites for hydroxylation is 1. The molecular weight excluding hydrogens is 450 g/mol. The number of allylic oxidation sites excluding steroid dienone is 1. The Morgan fingerprint density at radius 3 is 2.69 bits per heavy atom. The first-order valence-electron chi connectivity index (χ1n) is 12.7. The van der Waals surface area contributed by atoms with Crippen LogP contribution in [0, 0.1) is 12.3 Å². The minimum absolute atomic E-state index is 0.0929. The number of hydrogen-bond acceptors (Lipinski definition) is 4. The fourth-order valence-electron chi connectivity index (χ4n) is 5.55. The number of aromatic nitrogens is 3. The first-order valence-corrected chi connectivity index (χ1v) is 12.7. The van der Waals surface area contributed by atoms with E-state index in [1.807, 2.05) is 33.0 Å². The molecule has 8 heteroatoms. The second-order valence-electron chi connectivity index (χ2n) is 10.5. The van der Waals surface area contributed by atoms with Crippen LogP contribution in [-0.2, 0) is 29.8 Å². The molecule has 1 aliphatic heterocycles. The van der Waals surface area contributed by atoms with Crippen LogP contribution >= 0.6 is 0 Å². The summed E-state index contributed by atoms with van der Waals surface area (Å²) >= 11 is 0. The van der Waals surface area contributed by atoms with Gasteiger partial charge in [-0.05, 0) is 71.7 Å². The fourth-order valence-corrected chi connectivity index (χ4v) is 5.55. The summed E-state index contributed by atoms with van der Waals surface area (Å²) in [6.45, 7) is 14.1. The van der Waals surface area contributed by atoms with E-state index in [2.05, 4.69) is 29.8 Å². The zero-order chi connectivity index (χ0) is 25.4. The van der Waals surface area contributed by atoms with E-state index in [0.717, 1.165) is 31.6 Å². The second kappa shape index (κ2) is 9.97. The van der Waals surface area contributed by atoms with Crippen molar-refractivity contribution in [2.75, 3.05) is 26.3 Å². The first kappa shape index (κ1) is 25.8. The molecule has 2 atom stereocenters. The summed E-state index contributed by atoms with van der Waals surface area (Å²) in [5.74, 6) is -0.802. The molecule has 0 radical (unpaired) electrons. The van der Waals surface area contributed by atoms with E-state index in [4.69, 9.17) is 4.74 Å². The molecule has 0 saturated carbocycles. The first-order chi connectivity index (χ1) is 16.6. The number of hydrogen-bond donors (Lipinski definition) is 0. The number of alkyl halides is 1. The Balaban J connectivity index is 1.59. The third kappa shape index (κ3) is 4.87. The molecule has 192 valence electrons. The standard InChI is InChI=1S/C27H38F2N4O2/c1-6-32-23-14-21(28)22(29)15-24(23)33(25(32)34)13-11-27(18-35-7-2)10-12-31(17-27)26(4,5)20-9-8-19(3)30-16-20/h8-9,15-16,21H,6-7,10-14,17-18H2,1-5H3. The van der Waals surface area contributed by atoms with E-state index in [-0.39, 0.29) is 23.1 Å². The van der Waals surface area contributed by atoms with Gasteiger partial charge < -0.3 is 4.74 Å². The lowest BCUT2D eigenvalue weighted by molar-refractivity contribution is 0.0357. The number of pyridine rings is 1. The summed E-state index contributed by atoms with van der Waals surface area (Å²) < 4.78 is 37.4. The maximum absolute atomic E-state index is 14.2. The lowest BCUT2D eigenvalue weighted by atomic mass is 9.84. The maximum Gasteiger partial charge on any atom is 0.328 e. The number of ether oxygens (including phenoxy) is 1. The number of halogens is 2. The van der Waals surface area contributed by atoms with E-state index < -0.39 is 12.0 Å². The predicted octanol–water partition coefficient (Wildman–Crippen LogP) is 4.63. The molecule has 0 N–H and O–H groups in total. The van der Waals surface area contributed by atoms with Gasteiger partial charge >= 0.3 is 5.69 Å². The van der Waals surface area contributed by atoms with Gasteiger partial charge in [0.15, 0.2) is 6.17 Å². The van der Waals surface area contributed by atoms with Crippen molar-refractivity contribution >= 4 is 6.08 Å². The summed E-state index contributed by atoms with van der Waals surface area (Å²) in [4.78, 5) is 20.1. The van der Waals surface area contributed by atoms with Gasteiger partial charge in [-0.1, -0.05) is 6.07 Å². The number of nitrogens with zero attached hydrogens (tertiary/aromatic N) is 4. The average molecular weight is 489 g/mol. The van der Waals surface area contributed by atoms with Crippen LogP contribution in [0.1, 0.15) is 63.2 Å². The fraction of sp³-hybridized carbons (Fsp3) is 0.630. The van der Waals surface area contributed by atoms with E-state index in [1.165, 1.54) is 11.6 Å². The smallest absolute Gasteiger partial charge is 0.328 e. The summed E-state index contributed by atoms with van der Waals surface area (Å²) in [6, 6.07) is 4.19. The van der Waals surface area contributed by atoms with Crippen LogP contribution in [0.25, 0.3) is 6.08 Å². The van der Waals surface area contributed by atoms with Crippen molar-refractivity contribution in [3.63, 3.8) is 0 Å². The number of imidazole rings is 1. The maximum atomic E-state index is 14.2. The minimum atomic E-state index is -1.68. The van der Waals surface area contributed by atoms with Crippen LogP contribution in [0.15, 0.2) is 29.0 Å². The molecule has 6 nitrogen and oxygen atoms in total. The SMILES string of the molecule is CCOCC1(CCn2c3c(n(CC)c2=O)CC(F)C(F)=C3)CCN(C(C)(C)c2ccc(C)nc2)C1. The van der Waals surface area contributed by atoms with E-state index in [1.54, 1.807) is 9.13 Å². The number of likely N-dealkylation sites (tertiary alicyclic amines) is 1. The highest BCUT2D eigenvalue weighted by atomic mass is 19.2. The molecule has 0 bridgehead atoms. The Labute approximate surface area is 206 Å². The zero-order valence-electron chi connectivity index (χ0n) is 21.6. The van der Waals surface area contributed by atoms with Crippen LogP contribution in [0.2, 0.25) is 0 Å². The molecule has 0 aromatic carbocycles. The molecule has 2 aliphatic rings. The van der Waals surface area contributed by atoms with E-state index >= 15 is 0 Å². The largest absolute Gasteiger partial charge is 0.381 e. The van der Waals surface area contributed by atoms with Crippen LogP contribution < -0.4 is 5.69 Å². The normalized spacial score (nSPS) is 22.9. The molecule has 2 aromatic rings. The summed E-state index contributed by atoms with van der Waals surface area (Å²) in [6.07, 6.45) is 3.06. The van der Waals surface area contributed by atoms with Gasteiger partial charge in [-0.2, -0.15) is 0 Å². The molecule has 1 aliphatic carbocycles. The number of fused-ring (bicyclic) bond motifs is 1. The van der Waals surface area contributed by atoms with Gasteiger partial charge in [-0.25, -0.2) is 13.6 Å². The highest BCUT2D eigenvalue weighted by molar-refractivity contribution is 5.55. The lowest BCUT2D eigenvalue weighted by Crippen LogP contribution is -2.42. The molecule has 3 heterocycles. The highest BCUT2D eigenvalue weighted by Crippen LogP contribution is 2.41. The summed E-state index contributed by atoms with van der Waals surface area (Å²) in [5.41, 5.74) is 2.74. The quantitative estimate of drug-likeness (QED) is 0.516. The average Bonchev–Trinajstić information content (AvgIpc) is 3.36. The molecule has 0 amide bonds. The van der Waals surface area contributed by atoms with Crippen molar-refractivity contribution < 1.29 is 13.5 Å². The van der Waals surface area contributed by atoms with E-state index in [0.29, 0.717) is 37.7 Å². The third-order valence-electron chi connectivity index (χ3n) is 7.96. The van der Waals surface area contributed by atoms with Gasteiger partial charge in [-0.15, -0.1) is 0 Å². The number of rotatable bonds is 9. The molecule has 0 spiro atoms. The Kier molecular flexibility index (Phi) is 7.34. The Morgan fingerprint density at radius 1 is 1.26 bits per heavy atom. The molecule has 1 saturated heterocycles. The van der Waals surface area contributed by atoms with Crippen molar-refractivity contribution in [3.8, 4) is 0 Å². The second-order valence-corrected chi connectivity index (χ2v) is 10.5. The minimum Gasteiger partial charge on any atom is -0.381 e. The van der Waals surface area contributed by atoms with Gasteiger partial charge in [0, 0.05) is 61.2 Å². The van der Waals surface area contributed by atoms with Gasteiger partial charge in [0.25, 0.3) is 0 Å². The monoisotopic (exact) mass is 488 g/mol. The van der Waals surface area contributed by atoms with Crippen LogP contribution in [-0.4, -0.2) is 51.5 Å². The molecule has 35 heavy (non-hydrogen) atoms. The lowest BCUT2D eigenvalue weighted by Gasteiger charge is -2.38. The molecule has 4 rings (SSSR count). The molecule has 1 fully saturated rings. The van der Waals surface area contributed by atoms with Crippen molar-refractivity contribution in [2.45, 2.75) is 78.7 Å². The van der Waals surface area contributed by atoms with Crippen LogP contribution in [0.3, 0.4) is 0 Å². The van der Waals surface area contributed by atoms with Crippen molar-refractivity contribution in [1.82, 2.24) is 19.0 Å². The third-order valence-corrected chi connectivity index (χ3v) is 7.96. The Hall–Kier alpha value is -2.32. The van der Waals surface area contributed by atoms with Crippen molar-refractivity contribution in [1.29, 1.82) is 0 Å². The van der Waals surface area contributed by atoms with Crippen LogP contribution in [0.5, 0.6) is 0 Å².